The van der Waals surface area contributed by atoms with Crippen LogP contribution in [0.3, 0.4) is 0 Å². The lowest BCUT2D eigenvalue weighted by molar-refractivity contribution is 0.483. The first-order valence-corrected chi connectivity index (χ1v) is 25.2. The lowest BCUT2D eigenvalue weighted by Crippen LogP contribution is -2.25. The van der Waals surface area contributed by atoms with Gasteiger partial charge < -0.3 is 19.0 Å². The van der Waals surface area contributed by atoms with Crippen molar-refractivity contribution in [3.05, 3.63) is 205 Å². The van der Waals surface area contributed by atoms with Crippen molar-refractivity contribution >= 4 is 66.5 Å². The molecule has 0 atom stereocenters. The number of nitrogens with zero attached hydrogens (tertiary/aromatic N) is 4. The molecule has 0 saturated heterocycles. The van der Waals surface area contributed by atoms with Gasteiger partial charge in [-0.25, -0.2) is 4.98 Å². The first-order valence-electron chi connectivity index (χ1n) is 25.2. The molecule has 72 heavy (non-hydrogen) atoms. The number of anilines is 4. The van der Waals surface area contributed by atoms with Crippen LogP contribution in [0.1, 0.15) is 79.0 Å². The number of rotatable bonds is 7. The van der Waals surface area contributed by atoms with Crippen LogP contribution in [0, 0.1) is 0 Å². The zero-order valence-corrected chi connectivity index (χ0v) is 42.7. The summed E-state index contributed by atoms with van der Waals surface area (Å²) in [6.45, 7) is 21.0. The molecule has 0 N–H and O–H groups in total. The summed E-state index contributed by atoms with van der Waals surface area (Å²) < 4.78 is 15.9. The van der Waals surface area contributed by atoms with E-state index in [4.69, 9.17) is 14.1 Å². The molecule has 0 aliphatic carbocycles. The Morgan fingerprint density at radius 2 is 1.11 bits per heavy atom. The largest absolute Gasteiger partial charge is 0.457 e. The number of furan rings is 1. The summed E-state index contributed by atoms with van der Waals surface area (Å²) in [6, 6.07) is 65.7. The Bertz CT molecular complexity index is 3800. The predicted molar refractivity (Wildman–Crippen MR) is 301 cm³/mol. The highest BCUT2D eigenvalue weighted by Crippen LogP contribution is 2.51. The van der Waals surface area contributed by atoms with Crippen molar-refractivity contribution in [2.45, 2.75) is 78.6 Å². The normalized spacial score (nSPS) is 13.2. The van der Waals surface area contributed by atoms with Gasteiger partial charge in [-0.1, -0.05) is 178 Å². The molecule has 0 unspecified atom stereocenters. The van der Waals surface area contributed by atoms with E-state index < -0.39 is 0 Å². The average molecular weight is 941 g/mol. The predicted octanol–water partition coefficient (Wildman–Crippen LogP) is 18.3. The van der Waals surface area contributed by atoms with Crippen LogP contribution in [0.25, 0.3) is 71.8 Å². The third-order valence-corrected chi connectivity index (χ3v) is 14.6. The van der Waals surface area contributed by atoms with Crippen LogP contribution in [-0.4, -0.2) is 16.2 Å². The number of ether oxygens (including phenoxy) is 1. The fourth-order valence-electron chi connectivity index (χ4n) is 10.6. The average Bonchev–Trinajstić information content (AvgIpc) is 4.05. The SMILES string of the molecule is CC(C)(C)c1ccc(-c2cccc(-c3ccc(C(C)(C)C)cc3)c2N2CN(c3cccc(Oc4ccc5c6oc7ccc8ccccc8c7c6n(-c6cc(C(C)(C)C)ccn6)c5c4)c3)c3ccccc32)cc1. The van der Waals surface area contributed by atoms with Crippen molar-refractivity contribution in [3.8, 4) is 39.6 Å². The van der Waals surface area contributed by atoms with Gasteiger partial charge in [0.1, 0.15) is 35.1 Å². The van der Waals surface area contributed by atoms with Crippen LogP contribution < -0.4 is 14.5 Å². The minimum Gasteiger partial charge on any atom is -0.457 e. The van der Waals surface area contributed by atoms with Crippen LogP contribution in [0.15, 0.2) is 193 Å². The van der Waals surface area contributed by atoms with Gasteiger partial charge in [0.05, 0.1) is 28.0 Å². The number of hydrogen-bond acceptors (Lipinski definition) is 5. The maximum absolute atomic E-state index is 6.90. The highest BCUT2D eigenvalue weighted by molar-refractivity contribution is 6.24. The monoisotopic (exact) mass is 940 g/mol. The Balaban J connectivity index is 0.948. The minimum atomic E-state index is -0.0699. The van der Waals surface area contributed by atoms with Crippen molar-refractivity contribution in [3.63, 3.8) is 0 Å². The smallest absolute Gasteiger partial charge is 0.161 e. The van der Waals surface area contributed by atoms with Crippen LogP contribution >= 0.6 is 0 Å². The van der Waals surface area contributed by atoms with Gasteiger partial charge in [0.25, 0.3) is 0 Å². The summed E-state index contributed by atoms with van der Waals surface area (Å²) in [6.07, 6.45) is 1.92. The van der Waals surface area contributed by atoms with Crippen molar-refractivity contribution in [2.75, 3.05) is 16.5 Å². The molecule has 8 aromatic carbocycles. The summed E-state index contributed by atoms with van der Waals surface area (Å²) in [5.74, 6) is 2.30. The number of hydrogen-bond donors (Lipinski definition) is 0. The quantitative estimate of drug-likeness (QED) is 0.159. The standard InChI is InChI=1S/C66H60N4O2/c1-64(2,3)45-29-24-43(25-30-45)52-20-15-21-53(44-26-31-46(32-27-44)65(4,5)6)61(52)69-41-68(55-22-12-13-23-56(55)69)48-17-14-18-49(39-48)71-50-33-34-54-57(40-50)70(59-38-47(36-37-67-59)66(7,8)9)62-60-51-19-11-10-16-42(51)28-35-58(60)72-63(54)62/h10-40H,41H2,1-9H3. The molecule has 4 heterocycles. The Morgan fingerprint density at radius 1 is 0.500 bits per heavy atom. The molecule has 6 heteroatoms. The Morgan fingerprint density at radius 3 is 1.78 bits per heavy atom. The molecule has 356 valence electrons. The van der Waals surface area contributed by atoms with Gasteiger partial charge in [-0.05, 0) is 109 Å². The van der Waals surface area contributed by atoms with Crippen LogP contribution in [0.5, 0.6) is 11.5 Å². The van der Waals surface area contributed by atoms with Gasteiger partial charge >= 0.3 is 0 Å². The van der Waals surface area contributed by atoms with E-state index in [0.717, 1.165) is 78.1 Å². The van der Waals surface area contributed by atoms with E-state index in [0.29, 0.717) is 6.67 Å². The van der Waals surface area contributed by atoms with Crippen LogP contribution in [0.4, 0.5) is 22.7 Å². The van der Waals surface area contributed by atoms with Crippen molar-refractivity contribution in [2.24, 2.45) is 0 Å². The topological polar surface area (TPSA) is 46.7 Å². The fraction of sp³-hybridized carbons (Fsp3) is 0.197. The van der Waals surface area contributed by atoms with Gasteiger partial charge in [0.2, 0.25) is 0 Å². The van der Waals surface area contributed by atoms with E-state index in [1.165, 1.54) is 44.6 Å². The van der Waals surface area contributed by atoms with Crippen molar-refractivity contribution < 1.29 is 9.15 Å². The molecule has 6 nitrogen and oxygen atoms in total. The second-order valence-corrected chi connectivity index (χ2v) is 22.5. The van der Waals surface area contributed by atoms with Gasteiger partial charge in [0, 0.05) is 40.5 Å². The molecular formula is C66H60N4O2. The van der Waals surface area contributed by atoms with Gasteiger partial charge in [-0.3, -0.25) is 4.57 Å². The number of benzene rings is 8. The summed E-state index contributed by atoms with van der Waals surface area (Å²) in [4.78, 5) is 9.92. The van der Waals surface area contributed by atoms with E-state index in [2.05, 4.69) is 253 Å². The van der Waals surface area contributed by atoms with Gasteiger partial charge in [0.15, 0.2) is 5.58 Å². The second-order valence-electron chi connectivity index (χ2n) is 22.5. The molecule has 0 fully saturated rings. The molecule has 11 aromatic rings. The number of aromatic nitrogens is 2. The van der Waals surface area contributed by atoms with Crippen LogP contribution in [0.2, 0.25) is 0 Å². The zero-order valence-electron chi connectivity index (χ0n) is 42.7. The first-order chi connectivity index (χ1) is 34.6. The fourth-order valence-corrected chi connectivity index (χ4v) is 10.6. The van der Waals surface area contributed by atoms with E-state index in [-0.39, 0.29) is 16.2 Å². The highest BCUT2D eigenvalue weighted by atomic mass is 16.5. The Labute approximate surface area is 422 Å². The number of para-hydroxylation sites is 3. The summed E-state index contributed by atoms with van der Waals surface area (Å²) in [7, 11) is 0. The first kappa shape index (κ1) is 45.1. The number of fused-ring (bicyclic) bond motifs is 8. The maximum atomic E-state index is 6.90. The minimum absolute atomic E-state index is 0.0521. The van der Waals surface area contributed by atoms with Gasteiger partial charge in [-0.2, -0.15) is 0 Å². The number of pyridine rings is 1. The highest BCUT2D eigenvalue weighted by Gasteiger charge is 2.32. The lowest BCUT2D eigenvalue weighted by Gasteiger charge is -2.28. The Hall–Kier alpha value is -8.09. The van der Waals surface area contributed by atoms with E-state index in [1.54, 1.807) is 0 Å². The van der Waals surface area contributed by atoms with Crippen molar-refractivity contribution in [1.82, 2.24) is 9.55 Å². The van der Waals surface area contributed by atoms with E-state index in [9.17, 15) is 0 Å². The van der Waals surface area contributed by atoms with E-state index in [1.807, 2.05) is 12.3 Å². The molecule has 0 bridgehead atoms. The molecule has 3 aromatic heterocycles. The summed E-state index contributed by atoms with van der Waals surface area (Å²) in [5, 5.41) is 4.38. The molecule has 0 radical (unpaired) electrons. The molecule has 1 aliphatic heterocycles. The molecular weight excluding hydrogens is 881 g/mol. The third kappa shape index (κ3) is 7.77. The van der Waals surface area contributed by atoms with Crippen molar-refractivity contribution in [1.29, 1.82) is 0 Å². The Kier molecular flexibility index (Phi) is 10.5. The zero-order chi connectivity index (χ0) is 49.7. The summed E-state index contributed by atoms with van der Waals surface area (Å²) >= 11 is 0. The van der Waals surface area contributed by atoms with E-state index >= 15 is 0 Å². The molecule has 1 aliphatic rings. The van der Waals surface area contributed by atoms with Crippen LogP contribution in [-0.2, 0) is 16.2 Å². The second kappa shape index (κ2) is 16.8. The molecule has 0 saturated carbocycles. The summed E-state index contributed by atoms with van der Waals surface area (Å²) in [5.41, 5.74) is 16.8. The maximum Gasteiger partial charge on any atom is 0.161 e. The molecule has 12 rings (SSSR count). The molecule has 0 amide bonds. The van der Waals surface area contributed by atoms with Gasteiger partial charge in [-0.15, -0.1) is 0 Å². The molecule has 0 spiro atoms. The third-order valence-electron chi connectivity index (χ3n) is 14.6. The lowest BCUT2D eigenvalue weighted by atomic mass is 9.85.